The lowest BCUT2D eigenvalue weighted by atomic mass is 9.93. The van der Waals surface area contributed by atoms with Crippen LogP contribution >= 0.6 is 12.4 Å². The van der Waals surface area contributed by atoms with Crippen LogP contribution in [0.3, 0.4) is 0 Å². The Morgan fingerprint density at radius 1 is 1.11 bits per heavy atom. The van der Waals surface area contributed by atoms with Crippen molar-refractivity contribution in [3.63, 3.8) is 0 Å². The van der Waals surface area contributed by atoms with E-state index in [1.54, 1.807) is 0 Å². The average molecular weight is 390 g/mol. The van der Waals surface area contributed by atoms with E-state index in [2.05, 4.69) is 5.32 Å². The van der Waals surface area contributed by atoms with E-state index in [1.165, 1.54) is 0 Å². The van der Waals surface area contributed by atoms with Crippen molar-refractivity contribution in [3.05, 3.63) is 48.0 Å². The molecule has 3 N–H and O–H groups in total. The third-order valence-corrected chi connectivity index (χ3v) is 5.14. The highest BCUT2D eigenvalue weighted by molar-refractivity contribution is 6.07. The Morgan fingerprint density at radius 2 is 1.74 bits per heavy atom. The first kappa shape index (κ1) is 21.2. The van der Waals surface area contributed by atoms with Crippen LogP contribution < -0.4 is 11.1 Å². The maximum atomic E-state index is 13.0. The van der Waals surface area contributed by atoms with Gasteiger partial charge >= 0.3 is 0 Å². The van der Waals surface area contributed by atoms with Crippen molar-refractivity contribution < 1.29 is 9.59 Å². The van der Waals surface area contributed by atoms with Crippen LogP contribution in [0, 0.1) is 5.92 Å². The van der Waals surface area contributed by atoms with Gasteiger partial charge in [-0.2, -0.15) is 0 Å². The zero-order valence-electron chi connectivity index (χ0n) is 15.9. The first-order valence-electron chi connectivity index (χ1n) is 9.20. The minimum Gasteiger partial charge on any atom is -0.350 e. The van der Waals surface area contributed by atoms with Crippen LogP contribution in [0.4, 0.5) is 0 Å². The Labute approximate surface area is 166 Å². The van der Waals surface area contributed by atoms with Gasteiger partial charge in [0.25, 0.3) is 5.91 Å². The zero-order valence-corrected chi connectivity index (χ0v) is 16.7. The van der Waals surface area contributed by atoms with Crippen LogP contribution in [0.5, 0.6) is 0 Å². The highest BCUT2D eigenvalue weighted by atomic mass is 35.5. The molecule has 5 nitrogen and oxygen atoms in total. The van der Waals surface area contributed by atoms with Gasteiger partial charge in [0.15, 0.2) is 0 Å². The number of hydrogen-bond acceptors (Lipinski definition) is 3. The molecule has 146 valence electrons. The summed E-state index contributed by atoms with van der Waals surface area (Å²) in [4.78, 5) is 27.3. The van der Waals surface area contributed by atoms with Gasteiger partial charge in [-0.15, -0.1) is 12.4 Å². The maximum absolute atomic E-state index is 13.0. The zero-order chi connectivity index (χ0) is 18.7. The summed E-state index contributed by atoms with van der Waals surface area (Å²) in [5, 5.41) is 5.05. The van der Waals surface area contributed by atoms with Crippen molar-refractivity contribution in [2.24, 2.45) is 11.7 Å². The van der Waals surface area contributed by atoms with Gasteiger partial charge in [-0.3, -0.25) is 9.59 Å². The molecule has 0 unspecified atom stereocenters. The third-order valence-electron chi connectivity index (χ3n) is 5.14. The number of nitrogens with one attached hydrogen (secondary N) is 1. The molecule has 1 heterocycles. The summed E-state index contributed by atoms with van der Waals surface area (Å²) in [5.74, 6) is 0.0260. The van der Waals surface area contributed by atoms with E-state index < -0.39 is 5.54 Å². The summed E-state index contributed by atoms with van der Waals surface area (Å²) in [6, 6.07) is 13.7. The number of hydrogen-bond donors (Lipinski definition) is 2. The summed E-state index contributed by atoms with van der Waals surface area (Å²) in [6.07, 6.45) is 1.37. The van der Waals surface area contributed by atoms with Crippen LogP contribution in [0.25, 0.3) is 10.8 Å². The van der Waals surface area contributed by atoms with Gasteiger partial charge in [0, 0.05) is 36.7 Å². The minimum absolute atomic E-state index is 0. The first-order valence-corrected chi connectivity index (χ1v) is 9.20. The maximum Gasteiger partial charge on any atom is 0.254 e. The molecule has 1 aliphatic heterocycles. The van der Waals surface area contributed by atoms with Crippen LogP contribution in [0.2, 0.25) is 0 Å². The number of piperidine rings is 1. The number of halogens is 1. The fourth-order valence-corrected chi connectivity index (χ4v) is 3.41. The monoisotopic (exact) mass is 389 g/mol. The molecule has 1 fully saturated rings. The molecule has 1 aliphatic rings. The van der Waals surface area contributed by atoms with Crippen LogP contribution in [0.1, 0.15) is 37.0 Å². The van der Waals surface area contributed by atoms with Crippen molar-refractivity contribution in [2.45, 2.75) is 32.2 Å². The molecule has 2 aromatic rings. The molecule has 1 saturated heterocycles. The Bertz CT molecular complexity index is 809. The van der Waals surface area contributed by atoms with Gasteiger partial charge < -0.3 is 16.0 Å². The van der Waals surface area contributed by atoms with Crippen LogP contribution in [-0.4, -0.2) is 41.9 Å². The predicted octanol–water partition coefficient (Wildman–Crippen LogP) is 2.97. The Morgan fingerprint density at radius 3 is 2.41 bits per heavy atom. The lowest BCUT2D eigenvalue weighted by Crippen LogP contribution is -2.52. The molecule has 2 amide bonds. The Kier molecular flexibility index (Phi) is 6.84. The van der Waals surface area contributed by atoms with Gasteiger partial charge in [0.2, 0.25) is 5.91 Å². The summed E-state index contributed by atoms with van der Waals surface area (Å²) in [7, 11) is 0. The summed E-state index contributed by atoms with van der Waals surface area (Å²) >= 11 is 0. The molecule has 0 aromatic heterocycles. The molecule has 6 heteroatoms. The average Bonchev–Trinajstić information content (AvgIpc) is 2.67. The second-order valence-corrected chi connectivity index (χ2v) is 7.67. The third kappa shape index (κ3) is 4.79. The van der Waals surface area contributed by atoms with E-state index in [9.17, 15) is 9.59 Å². The van der Waals surface area contributed by atoms with Crippen molar-refractivity contribution in [1.82, 2.24) is 10.2 Å². The summed E-state index contributed by atoms with van der Waals surface area (Å²) in [5.41, 5.74) is 6.02. The fraction of sp³-hybridized carbons (Fsp3) is 0.429. The molecule has 0 spiro atoms. The number of nitrogens with two attached hydrogens (primary N) is 1. The fourth-order valence-electron chi connectivity index (χ4n) is 3.41. The molecular formula is C21H28ClN3O2. The highest BCUT2D eigenvalue weighted by Gasteiger charge is 2.30. The molecule has 0 aliphatic carbocycles. The molecule has 2 aromatic carbocycles. The molecule has 27 heavy (non-hydrogen) atoms. The summed E-state index contributed by atoms with van der Waals surface area (Å²) in [6.45, 7) is 5.44. The summed E-state index contributed by atoms with van der Waals surface area (Å²) < 4.78 is 0. The molecular weight excluding hydrogens is 362 g/mol. The Hall–Kier alpha value is -2.11. The smallest absolute Gasteiger partial charge is 0.254 e. The van der Waals surface area contributed by atoms with Crippen LogP contribution in [-0.2, 0) is 4.79 Å². The number of fused-ring (bicyclic) bond motifs is 1. The van der Waals surface area contributed by atoms with E-state index >= 15 is 0 Å². The number of nitrogens with zero attached hydrogens (tertiary/aromatic N) is 1. The topological polar surface area (TPSA) is 75.4 Å². The van der Waals surface area contributed by atoms with Crippen molar-refractivity contribution in [2.75, 3.05) is 19.6 Å². The molecule has 0 saturated carbocycles. The normalized spacial score (nSPS) is 15.3. The minimum atomic E-state index is -0.396. The van der Waals surface area contributed by atoms with Crippen molar-refractivity contribution in [3.8, 4) is 0 Å². The van der Waals surface area contributed by atoms with Gasteiger partial charge in [0.1, 0.15) is 0 Å². The largest absolute Gasteiger partial charge is 0.350 e. The van der Waals surface area contributed by atoms with E-state index in [4.69, 9.17) is 5.73 Å². The van der Waals surface area contributed by atoms with E-state index in [-0.39, 0.29) is 30.1 Å². The second kappa shape index (κ2) is 8.72. The molecule has 0 atom stereocenters. The van der Waals surface area contributed by atoms with Gasteiger partial charge in [-0.25, -0.2) is 0 Å². The van der Waals surface area contributed by atoms with Crippen molar-refractivity contribution in [1.29, 1.82) is 0 Å². The van der Waals surface area contributed by atoms with Gasteiger partial charge in [0.05, 0.1) is 0 Å². The highest BCUT2D eigenvalue weighted by Crippen LogP contribution is 2.24. The lowest BCUT2D eigenvalue weighted by molar-refractivity contribution is -0.127. The standard InChI is InChI=1S/C21H27N3O2.ClH/c1-21(2,14-22)23-19(25)16-10-12-24(13-11-16)20(26)18-9-5-7-15-6-3-4-8-17(15)18;/h3-9,16H,10-14,22H2,1-2H3,(H,23,25);1H. The number of carbonyl (C=O) groups excluding carboxylic acids is 2. The Balaban J connectivity index is 0.00000261. The van der Waals surface area contributed by atoms with E-state index in [1.807, 2.05) is 61.2 Å². The number of carbonyl (C=O) groups is 2. The lowest BCUT2D eigenvalue weighted by Gasteiger charge is -2.34. The number of rotatable bonds is 4. The quantitative estimate of drug-likeness (QED) is 0.844. The van der Waals surface area contributed by atoms with Gasteiger partial charge in [-0.1, -0.05) is 36.4 Å². The number of amides is 2. The van der Waals surface area contributed by atoms with Crippen molar-refractivity contribution >= 4 is 35.0 Å². The molecule has 0 radical (unpaired) electrons. The van der Waals surface area contributed by atoms with Crippen LogP contribution in [0.15, 0.2) is 42.5 Å². The predicted molar refractivity (Wildman–Crippen MR) is 111 cm³/mol. The van der Waals surface area contributed by atoms with E-state index in [0.29, 0.717) is 32.5 Å². The first-order chi connectivity index (χ1) is 12.4. The van der Waals surface area contributed by atoms with E-state index in [0.717, 1.165) is 16.3 Å². The molecule has 0 bridgehead atoms. The SMILES string of the molecule is CC(C)(CN)NC(=O)C1CCN(C(=O)c2cccc3ccccc23)CC1.Cl. The second-order valence-electron chi connectivity index (χ2n) is 7.67. The molecule has 3 rings (SSSR count). The van der Waals surface area contributed by atoms with Gasteiger partial charge in [-0.05, 0) is 43.5 Å². The number of benzene rings is 2. The number of likely N-dealkylation sites (tertiary alicyclic amines) is 1.